The quantitative estimate of drug-likeness (QED) is 0.912. The highest BCUT2D eigenvalue weighted by atomic mass is 16.5. The van der Waals surface area contributed by atoms with Gasteiger partial charge < -0.3 is 9.84 Å². The first-order chi connectivity index (χ1) is 9.22. The number of hydrogen-bond acceptors (Lipinski definition) is 3. The smallest absolute Gasteiger partial charge is 0.335 e. The fourth-order valence-corrected chi connectivity index (χ4v) is 2.36. The minimum Gasteiger partial charge on any atom is -0.478 e. The molecule has 0 amide bonds. The Balaban J connectivity index is 2.08. The molecule has 1 N–H and O–H groups in total. The highest BCUT2D eigenvalue weighted by molar-refractivity contribution is 5.87. The molecular formula is C15H13NO3. The summed E-state index contributed by atoms with van der Waals surface area (Å²) in [6, 6.07) is 12.8. The topological polar surface area (TPSA) is 59.4 Å². The second-order valence-electron chi connectivity index (χ2n) is 4.68. The van der Waals surface area contributed by atoms with Crippen LogP contribution >= 0.6 is 0 Å². The lowest BCUT2D eigenvalue weighted by molar-refractivity contribution is -0.0400. The van der Waals surface area contributed by atoms with E-state index in [0.717, 1.165) is 11.3 Å². The number of carbonyl (C=O) groups is 1. The van der Waals surface area contributed by atoms with Gasteiger partial charge in [-0.25, -0.2) is 4.79 Å². The van der Waals surface area contributed by atoms with E-state index < -0.39 is 5.97 Å². The SMILES string of the molecule is O=C(O)c1cccc(C2(c3ccccn3)COC2)c1. The van der Waals surface area contributed by atoms with Crippen molar-refractivity contribution in [2.45, 2.75) is 5.41 Å². The highest BCUT2D eigenvalue weighted by Crippen LogP contribution is 2.38. The summed E-state index contributed by atoms with van der Waals surface area (Å²) in [5, 5.41) is 9.09. The van der Waals surface area contributed by atoms with Gasteiger partial charge in [0.25, 0.3) is 0 Å². The molecule has 4 nitrogen and oxygen atoms in total. The van der Waals surface area contributed by atoms with Crippen molar-refractivity contribution in [3.63, 3.8) is 0 Å². The number of ether oxygens (including phenoxy) is 1. The van der Waals surface area contributed by atoms with Crippen LogP contribution in [-0.4, -0.2) is 29.3 Å². The second-order valence-corrected chi connectivity index (χ2v) is 4.68. The second kappa shape index (κ2) is 4.48. The summed E-state index contributed by atoms with van der Waals surface area (Å²) in [5.74, 6) is -0.918. The molecule has 2 aromatic rings. The summed E-state index contributed by atoms with van der Waals surface area (Å²) in [4.78, 5) is 15.5. The number of carboxylic acids is 1. The Morgan fingerprint density at radius 2 is 2.05 bits per heavy atom. The number of rotatable bonds is 3. The average Bonchev–Trinajstić information content (AvgIpc) is 2.39. The number of benzene rings is 1. The van der Waals surface area contributed by atoms with E-state index in [2.05, 4.69) is 4.98 Å². The normalized spacial score (nSPS) is 16.6. The molecule has 96 valence electrons. The van der Waals surface area contributed by atoms with Gasteiger partial charge in [0, 0.05) is 6.20 Å². The predicted octanol–water partition coefficient (Wildman–Crippen LogP) is 2.10. The molecule has 0 atom stereocenters. The van der Waals surface area contributed by atoms with E-state index >= 15 is 0 Å². The molecule has 0 unspecified atom stereocenters. The summed E-state index contributed by atoms with van der Waals surface area (Å²) >= 11 is 0. The fourth-order valence-electron chi connectivity index (χ4n) is 2.36. The third-order valence-corrected chi connectivity index (χ3v) is 3.51. The van der Waals surface area contributed by atoms with Gasteiger partial charge in [0.05, 0.1) is 29.9 Å². The highest BCUT2D eigenvalue weighted by Gasteiger charge is 2.43. The number of aromatic carboxylic acids is 1. The van der Waals surface area contributed by atoms with Gasteiger partial charge in [-0.3, -0.25) is 4.98 Å². The van der Waals surface area contributed by atoms with Crippen LogP contribution in [0.25, 0.3) is 0 Å². The van der Waals surface area contributed by atoms with Gasteiger partial charge in [-0.05, 0) is 29.8 Å². The summed E-state index contributed by atoms with van der Waals surface area (Å²) in [6.45, 7) is 1.07. The largest absolute Gasteiger partial charge is 0.478 e. The Morgan fingerprint density at radius 3 is 2.63 bits per heavy atom. The minimum atomic E-state index is -0.918. The van der Waals surface area contributed by atoms with Gasteiger partial charge in [-0.15, -0.1) is 0 Å². The Labute approximate surface area is 110 Å². The van der Waals surface area contributed by atoms with Crippen molar-refractivity contribution in [2.24, 2.45) is 0 Å². The fraction of sp³-hybridized carbons (Fsp3) is 0.200. The lowest BCUT2D eigenvalue weighted by Crippen LogP contribution is -2.48. The first-order valence-corrected chi connectivity index (χ1v) is 6.05. The van der Waals surface area contributed by atoms with Crippen LogP contribution < -0.4 is 0 Å². The van der Waals surface area contributed by atoms with E-state index in [0.29, 0.717) is 18.8 Å². The molecule has 1 aliphatic heterocycles. The van der Waals surface area contributed by atoms with Crippen LogP contribution in [0.15, 0.2) is 48.7 Å². The van der Waals surface area contributed by atoms with E-state index in [1.165, 1.54) is 0 Å². The lowest BCUT2D eigenvalue weighted by atomic mass is 9.75. The van der Waals surface area contributed by atoms with Crippen molar-refractivity contribution in [3.05, 3.63) is 65.5 Å². The summed E-state index contributed by atoms with van der Waals surface area (Å²) in [6.07, 6.45) is 1.75. The van der Waals surface area contributed by atoms with E-state index in [-0.39, 0.29) is 5.41 Å². The molecule has 1 fully saturated rings. The maximum absolute atomic E-state index is 11.1. The van der Waals surface area contributed by atoms with E-state index in [1.54, 1.807) is 24.4 Å². The van der Waals surface area contributed by atoms with E-state index in [9.17, 15) is 4.79 Å². The van der Waals surface area contributed by atoms with Crippen molar-refractivity contribution in [2.75, 3.05) is 13.2 Å². The summed E-state index contributed by atoms with van der Waals surface area (Å²) in [5.41, 5.74) is 1.84. The van der Waals surface area contributed by atoms with Gasteiger partial charge in [-0.2, -0.15) is 0 Å². The Hall–Kier alpha value is -2.20. The molecule has 0 radical (unpaired) electrons. The number of hydrogen-bond donors (Lipinski definition) is 1. The van der Waals surface area contributed by atoms with Crippen LogP contribution in [0.3, 0.4) is 0 Å². The molecule has 1 aromatic carbocycles. The summed E-state index contributed by atoms with van der Waals surface area (Å²) in [7, 11) is 0. The molecule has 1 aromatic heterocycles. The van der Waals surface area contributed by atoms with Crippen molar-refractivity contribution >= 4 is 5.97 Å². The maximum Gasteiger partial charge on any atom is 0.335 e. The lowest BCUT2D eigenvalue weighted by Gasteiger charge is -2.41. The molecule has 1 aliphatic rings. The van der Waals surface area contributed by atoms with Crippen LogP contribution in [0.4, 0.5) is 0 Å². The molecule has 4 heteroatoms. The van der Waals surface area contributed by atoms with Gasteiger partial charge in [0.1, 0.15) is 0 Å². The van der Waals surface area contributed by atoms with Gasteiger partial charge >= 0.3 is 5.97 Å². The molecule has 0 aliphatic carbocycles. The molecule has 0 bridgehead atoms. The van der Waals surface area contributed by atoms with Crippen LogP contribution in [0, 0.1) is 0 Å². The van der Waals surface area contributed by atoms with E-state index in [1.807, 2.05) is 24.3 Å². The van der Waals surface area contributed by atoms with Crippen molar-refractivity contribution < 1.29 is 14.6 Å². The van der Waals surface area contributed by atoms with Crippen LogP contribution in [0.1, 0.15) is 21.6 Å². The molecule has 3 rings (SSSR count). The van der Waals surface area contributed by atoms with Gasteiger partial charge in [0.2, 0.25) is 0 Å². The van der Waals surface area contributed by atoms with Gasteiger partial charge in [-0.1, -0.05) is 18.2 Å². The van der Waals surface area contributed by atoms with Crippen LogP contribution in [0.2, 0.25) is 0 Å². The zero-order chi connectivity index (χ0) is 13.3. The third kappa shape index (κ3) is 1.90. The maximum atomic E-state index is 11.1. The van der Waals surface area contributed by atoms with E-state index in [4.69, 9.17) is 9.84 Å². The number of carboxylic acid groups (broad SMARTS) is 1. The van der Waals surface area contributed by atoms with Crippen molar-refractivity contribution in [1.29, 1.82) is 0 Å². The van der Waals surface area contributed by atoms with Crippen molar-refractivity contribution in [3.8, 4) is 0 Å². The Bertz CT molecular complexity index is 606. The minimum absolute atomic E-state index is 0.291. The zero-order valence-electron chi connectivity index (χ0n) is 10.2. The third-order valence-electron chi connectivity index (χ3n) is 3.51. The monoisotopic (exact) mass is 255 g/mol. The predicted molar refractivity (Wildman–Crippen MR) is 69.2 cm³/mol. The molecule has 1 saturated heterocycles. The molecule has 2 heterocycles. The first-order valence-electron chi connectivity index (χ1n) is 6.05. The zero-order valence-corrected chi connectivity index (χ0v) is 10.2. The standard InChI is InChI=1S/C15H13NO3/c17-14(18)11-4-3-5-12(8-11)15(9-19-10-15)13-6-1-2-7-16-13/h1-8H,9-10H2,(H,17,18). The number of pyridine rings is 1. The molecule has 0 spiro atoms. The summed E-state index contributed by atoms with van der Waals surface area (Å²) < 4.78 is 5.36. The van der Waals surface area contributed by atoms with Crippen LogP contribution in [0.5, 0.6) is 0 Å². The Kier molecular flexibility index (Phi) is 2.80. The molecule has 19 heavy (non-hydrogen) atoms. The van der Waals surface area contributed by atoms with Crippen LogP contribution in [-0.2, 0) is 10.2 Å². The van der Waals surface area contributed by atoms with Crippen molar-refractivity contribution in [1.82, 2.24) is 4.98 Å². The molecular weight excluding hydrogens is 242 g/mol. The number of nitrogens with zero attached hydrogens (tertiary/aromatic N) is 1. The molecule has 0 saturated carbocycles. The van der Waals surface area contributed by atoms with Gasteiger partial charge in [0.15, 0.2) is 0 Å². The first kappa shape index (κ1) is 11.9. The average molecular weight is 255 g/mol. The Morgan fingerprint density at radius 1 is 1.21 bits per heavy atom. The number of aromatic nitrogens is 1.